The predicted octanol–water partition coefficient (Wildman–Crippen LogP) is -3.08. The third-order valence-electron chi connectivity index (χ3n) is 4.86. The van der Waals surface area contributed by atoms with E-state index in [0.29, 0.717) is 0 Å². The van der Waals surface area contributed by atoms with Gasteiger partial charge in [-0.3, -0.25) is 29.1 Å². The number of nitrogens with one attached hydrogen (secondary N) is 3. The number of anilines is 3. The molecule has 0 radical (unpaired) electrons. The zero-order chi connectivity index (χ0) is 23.5. The first-order valence-corrected chi connectivity index (χ1v) is 9.54. The number of nitrogens with two attached hydrogens (primary N) is 2. The normalized spacial score (nSPS) is 19.4. The van der Waals surface area contributed by atoms with E-state index in [1.165, 1.54) is 13.8 Å². The number of fused-ring (bicyclic) bond motifs is 1. The molecule has 0 aromatic carbocycles. The van der Waals surface area contributed by atoms with Gasteiger partial charge in [0.25, 0.3) is 5.56 Å². The largest absolute Gasteiger partial charge is 0.480 e. The molecule has 1 aromatic rings. The molecule has 5 atom stereocenters. The Morgan fingerprint density at radius 2 is 1.97 bits per heavy atom. The van der Waals surface area contributed by atoms with Crippen LogP contribution >= 0.6 is 0 Å². The molecule has 10 N–H and O–H groups in total. The first-order chi connectivity index (χ1) is 14.4. The summed E-state index contributed by atoms with van der Waals surface area (Å²) in [4.78, 5) is 55.6. The Morgan fingerprint density at radius 1 is 1.32 bits per heavy atom. The molecule has 0 saturated heterocycles. The number of nitrogens with zero attached hydrogens (tertiary/aromatic N) is 2. The molecule has 5 unspecified atom stereocenters. The summed E-state index contributed by atoms with van der Waals surface area (Å²) in [5.41, 5.74) is 10.4. The fourth-order valence-corrected chi connectivity index (χ4v) is 3.11. The lowest BCUT2D eigenvalue weighted by Crippen LogP contribution is -2.58. The van der Waals surface area contributed by atoms with Crippen LogP contribution in [0.3, 0.4) is 0 Å². The number of hydrogen-bond acceptors (Lipinski definition) is 10. The van der Waals surface area contributed by atoms with Crippen LogP contribution < -0.4 is 32.6 Å². The van der Waals surface area contributed by atoms with E-state index in [1.807, 2.05) is 0 Å². The van der Waals surface area contributed by atoms with E-state index in [2.05, 4.69) is 20.6 Å². The third-order valence-corrected chi connectivity index (χ3v) is 4.86. The van der Waals surface area contributed by atoms with Crippen molar-refractivity contribution in [3.8, 4) is 0 Å². The van der Waals surface area contributed by atoms with Gasteiger partial charge in [-0.1, -0.05) is 0 Å². The fraction of sp³-hybridized carbons (Fsp3) is 0.588. The molecule has 1 aromatic heterocycles. The summed E-state index contributed by atoms with van der Waals surface area (Å²) in [6, 6.07) is -3.35. The van der Waals surface area contributed by atoms with Crippen LogP contribution in [0.15, 0.2) is 4.79 Å². The van der Waals surface area contributed by atoms with Crippen molar-refractivity contribution in [3.63, 3.8) is 0 Å². The quantitative estimate of drug-likeness (QED) is 0.201. The number of aliphatic hydroxyl groups is 2. The van der Waals surface area contributed by atoms with E-state index in [-0.39, 0.29) is 36.8 Å². The van der Waals surface area contributed by atoms with Crippen LogP contribution in [-0.4, -0.2) is 79.9 Å². The average Bonchev–Trinajstić information content (AvgIpc) is 2.69. The number of H-pyrrole nitrogens is 1. The van der Waals surface area contributed by atoms with Gasteiger partial charge < -0.3 is 37.4 Å². The van der Waals surface area contributed by atoms with Gasteiger partial charge in [-0.15, -0.1) is 0 Å². The van der Waals surface area contributed by atoms with Crippen molar-refractivity contribution in [1.82, 2.24) is 15.3 Å². The maximum Gasteiger partial charge on any atom is 0.325 e. The van der Waals surface area contributed by atoms with Crippen molar-refractivity contribution in [2.45, 2.75) is 57.0 Å². The summed E-state index contributed by atoms with van der Waals surface area (Å²) in [6.45, 7) is 2.57. The minimum absolute atomic E-state index is 0.0244. The van der Waals surface area contributed by atoms with Crippen LogP contribution in [0.4, 0.5) is 17.5 Å². The number of aliphatic hydroxyl groups excluding tert-OH is 2. The number of hydrogen-bond donors (Lipinski definition) is 8. The molecule has 2 heterocycles. The second-order valence-corrected chi connectivity index (χ2v) is 7.31. The lowest BCUT2D eigenvalue weighted by molar-refractivity contribution is -0.141. The van der Waals surface area contributed by atoms with Gasteiger partial charge in [0.05, 0.1) is 18.2 Å². The standard InChI is InChI=1S/C17H27N7O7/c1-6(16(30)31)21-14(28)8(18)3-4-10(26)24-9(12(27)7(2)25)5-20-13-11(24)15(29)23-17(19)22-13/h6-9,12,25,27H,3-5,18H2,1-2H3,(H,21,28)(H,30,31)(H4,19,20,22,23,29). The Bertz CT molecular complexity index is 903. The number of nitrogen functional groups attached to an aromatic ring is 1. The van der Waals surface area contributed by atoms with Crippen LogP contribution in [0.2, 0.25) is 0 Å². The first kappa shape index (κ1) is 24.0. The summed E-state index contributed by atoms with van der Waals surface area (Å²) in [7, 11) is 0. The summed E-state index contributed by atoms with van der Waals surface area (Å²) >= 11 is 0. The van der Waals surface area contributed by atoms with E-state index in [9.17, 15) is 29.4 Å². The molecule has 14 nitrogen and oxygen atoms in total. The van der Waals surface area contributed by atoms with Gasteiger partial charge in [0.2, 0.25) is 17.8 Å². The first-order valence-electron chi connectivity index (χ1n) is 9.54. The van der Waals surface area contributed by atoms with Crippen LogP contribution in [0, 0.1) is 0 Å². The highest BCUT2D eigenvalue weighted by Gasteiger charge is 2.39. The lowest BCUT2D eigenvalue weighted by Gasteiger charge is -2.39. The summed E-state index contributed by atoms with van der Waals surface area (Å²) < 4.78 is 0. The van der Waals surface area contributed by atoms with Crippen molar-refractivity contribution >= 4 is 35.2 Å². The Kier molecular flexibility index (Phi) is 7.54. The number of carbonyl (C=O) groups is 3. The smallest absolute Gasteiger partial charge is 0.325 e. The van der Waals surface area contributed by atoms with Gasteiger partial charge >= 0.3 is 5.97 Å². The highest BCUT2D eigenvalue weighted by Crippen LogP contribution is 2.29. The molecule has 2 rings (SSSR count). The molecule has 31 heavy (non-hydrogen) atoms. The minimum Gasteiger partial charge on any atom is -0.480 e. The fourth-order valence-electron chi connectivity index (χ4n) is 3.11. The Labute approximate surface area is 176 Å². The van der Waals surface area contributed by atoms with Crippen molar-refractivity contribution in [2.24, 2.45) is 5.73 Å². The number of aromatic nitrogens is 2. The Balaban J connectivity index is 2.23. The SMILES string of the molecule is CC(NC(=O)C(N)CCC(=O)N1c2c(nc(N)[nH]c2=O)NCC1C(O)C(C)O)C(=O)O. The van der Waals surface area contributed by atoms with E-state index < -0.39 is 53.7 Å². The molecule has 2 amide bonds. The van der Waals surface area contributed by atoms with Crippen molar-refractivity contribution < 1.29 is 29.7 Å². The number of carbonyl (C=O) groups excluding carboxylic acids is 2. The van der Waals surface area contributed by atoms with Gasteiger partial charge in [0, 0.05) is 13.0 Å². The second-order valence-electron chi connectivity index (χ2n) is 7.31. The maximum absolute atomic E-state index is 13.0. The van der Waals surface area contributed by atoms with E-state index in [4.69, 9.17) is 16.6 Å². The van der Waals surface area contributed by atoms with Gasteiger partial charge in [0.1, 0.15) is 12.1 Å². The third kappa shape index (κ3) is 5.48. The predicted molar refractivity (Wildman–Crippen MR) is 109 cm³/mol. The van der Waals surface area contributed by atoms with Crippen LogP contribution in [-0.2, 0) is 14.4 Å². The van der Waals surface area contributed by atoms with E-state index in [1.54, 1.807) is 0 Å². The Morgan fingerprint density at radius 3 is 2.55 bits per heavy atom. The van der Waals surface area contributed by atoms with Crippen molar-refractivity contribution in [1.29, 1.82) is 0 Å². The number of aromatic amines is 1. The topological polar surface area (TPSA) is 237 Å². The molecule has 1 aliphatic heterocycles. The molecule has 172 valence electrons. The number of carboxylic acids is 1. The summed E-state index contributed by atoms with van der Waals surface area (Å²) in [6.07, 6.45) is -3.07. The van der Waals surface area contributed by atoms with Crippen molar-refractivity contribution in [3.05, 3.63) is 10.4 Å². The molecule has 0 saturated carbocycles. The monoisotopic (exact) mass is 441 g/mol. The number of rotatable bonds is 8. The Hall–Kier alpha value is -3.23. The number of amides is 2. The molecule has 0 bridgehead atoms. The highest BCUT2D eigenvalue weighted by atomic mass is 16.4. The van der Waals surface area contributed by atoms with Gasteiger partial charge in [-0.05, 0) is 20.3 Å². The molecular weight excluding hydrogens is 414 g/mol. The van der Waals surface area contributed by atoms with Gasteiger partial charge in [-0.2, -0.15) is 4.98 Å². The summed E-state index contributed by atoms with van der Waals surface area (Å²) in [5.74, 6) is -2.80. The molecule has 0 fully saturated rings. The van der Waals surface area contributed by atoms with Crippen LogP contribution in [0.1, 0.15) is 26.7 Å². The van der Waals surface area contributed by atoms with Gasteiger partial charge in [-0.25, -0.2) is 0 Å². The second kappa shape index (κ2) is 9.72. The van der Waals surface area contributed by atoms with Crippen LogP contribution in [0.5, 0.6) is 0 Å². The molecular formula is C17H27N7O7. The summed E-state index contributed by atoms with van der Waals surface area (Å²) in [5, 5.41) is 34.0. The number of carboxylic acid groups (broad SMARTS) is 1. The zero-order valence-electron chi connectivity index (χ0n) is 17.0. The van der Waals surface area contributed by atoms with Crippen LogP contribution in [0.25, 0.3) is 0 Å². The molecule has 0 spiro atoms. The molecule has 0 aliphatic carbocycles. The van der Waals surface area contributed by atoms with Gasteiger partial charge in [0.15, 0.2) is 11.5 Å². The lowest BCUT2D eigenvalue weighted by atomic mass is 10.0. The maximum atomic E-state index is 13.0. The average molecular weight is 441 g/mol. The number of aliphatic carboxylic acids is 1. The van der Waals surface area contributed by atoms with E-state index in [0.717, 1.165) is 4.90 Å². The van der Waals surface area contributed by atoms with Crippen molar-refractivity contribution in [2.75, 3.05) is 22.5 Å². The molecule has 14 heteroatoms. The zero-order valence-corrected chi connectivity index (χ0v) is 17.0. The minimum atomic E-state index is -1.39. The van der Waals surface area contributed by atoms with E-state index >= 15 is 0 Å². The molecule has 1 aliphatic rings. The highest BCUT2D eigenvalue weighted by molar-refractivity contribution is 5.98.